The summed E-state index contributed by atoms with van der Waals surface area (Å²) in [7, 11) is 0. The summed E-state index contributed by atoms with van der Waals surface area (Å²) in [6, 6.07) is 0.839. The van der Waals surface area contributed by atoms with Crippen molar-refractivity contribution in [2.24, 2.45) is 5.92 Å². The Labute approximate surface area is 87.8 Å². The minimum Gasteiger partial charge on any atom is -0.316 e. The maximum absolute atomic E-state index is 3.75. The molecular weight excluding hydrogens is 172 g/mol. The van der Waals surface area contributed by atoms with Crippen molar-refractivity contribution in [1.82, 2.24) is 10.6 Å². The molecule has 14 heavy (non-hydrogen) atoms. The lowest BCUT2D eigenvalue weighted by Gasteiger charge is -2.28. The van der Waals surface area contributed by atoms with Crippen LogP contribution < -0.4 is 10.6 Å². The van der Waals surface area contributed by atoms with Gasteiger partial charge in [0, 0.05) is 6.04 Å². The highest BCUT2D eigenvalue weighted by Crippen LogP contribution is 2.18. The van der Waals surface area contributed by atoms with E-state index < -0.39 is 0 Å². The Balaban J connectivity index is 1.60. The van der Waals surface area contributed by atoms with Crippen molar-refractivity contribution in [3.63, 3.8) is 0 Å². The van der Waals surface area contributed by atoms with Gasteiger partial charge in [-0.3, -0.25) is 0 Å². The van der Waals surface area contributed by atoms with E-state index in [1.807, 2.05) is 0 Å². The van der Waals surface area contributed by atoms with Crippen LogP contribution in [0.4, 0.5) is 0 Å². The molecule has 82 valence electrons. The third kappa shape index (κ3) is 3.25. The van der Waals surface area contributed by atoms with E-state index >= 15 is 0 Å². The van der Waals surface area contributed by atoms with E-state index in [0.29, 0.717) is 0 Å². The van der Waals surface area contributed by atoms with Gasteiger partial charge in [0.2, 0.25) is 0 Å². The van der Waals surface area contributed by atoms with Gasteiger partial charge in [-0.05, 0) is 51.2 Å². The first kappa shape index (κ1) is 10.4. The van der Waals surface area contributed by atoms with Crippen LogP contribution in [0, 0.1) is 5.92 Å². The Hall–Kier alpha value is -0.0800. The number of hydrogen-bond acceptors (Lipinski definition) is 2. The highest BCUT2D eigenvalue weighted by Gasteiger charge is 2.16. The predicted molar refractivity (Wildman–Crippen MR) is 60.5 cm³/mol. The lowest BCUT2D eigenvalue weighted by atomic mass is 9.94. The van der Waals surface area contributed by atoms with Gasteiger partial charge >= 0.3 is 0 Å². The van der Waals surface area contributed by atoms with Crippen LogP contribution in [0.5, 0.6) is 0 Å². The first-order chi connectivity index (χ1) is 6.95. The van der Waals surface area contributed by atoms with E-state index in [-0.39, 0.29) is 0 Å². The number of hydrogen-bond donors (Lipinski definition) is 2. The smallest absolute Gasteiger partial charge is 0.00671 e. The molecule has 1 unspecified atom stereocenters. The minimum absolute atomic E-state index is 0.839. The van der Waals surface area contributed by atoms with Gasteiger partial charge in [-0.15, -0.1) is 0 Å². The molecule has 1 atom stereocenters. The van der Waals surface area contributed by atoms with Crippen LogP contribution in [-0.2, 0) is 0 Å². The summed E-state index contributed by atoms with van der Waals surface area (Å²) in [6.07, 6.45) is 9.98. The van der Waals surface area contributed by atoms with Crippen LogP contribution in [0.15, 0.2) is 0 Å². The van der Waals surface area contributed by atoms with Crippen molar-refractivity contribution in [2.45, 2.75) is 51.0 Å². The molecular formula is C12H24N2. The largest absolute Gasteiger partial charge is 0.316 e. The quantitative estimate of drug-likeness (QED) is 0.720. The Kier molecular flexibility index (Phi) is 4.26. The zero-order valence-electron chi connectivity index (χ0n) is 9.23. The van der Waals surface area contributed by atoms with Gasteiger partial charge in [0.1, 0.15) is 0 Å². The monoisotopic (exact) mass is 196 g/mol. The molecule has 1 saturated carbocycles. The molecule has 0 radical (unpaired) electrons. The first-order valence-corrected chi connectivity index (χ1v) is 6.39. The van der Waals surface area contributed by atoms with Crippen molar-refractivity contribution in [3.05, 3.63) is 0 Å². The van der Waals surface area contributed by atoms with E-state index in [1.165, 1.54) is 64.6 Å². The summed E-state index contributed by atoms with van der Waals surface area (Å²) >= 11 is 0. The van der Waals surface area contributed by atoms with Crippen LogP contribution in [0.1, 0.15) is 44.9 Å². The van der Waals surface area contributed by atoms with Crippen LogP contribution >= 0.6 is 0 Å². The molecule has 1 aliphatic heterocycles. The summed E-state index contributed by atoms with van der Waals surface area (Å²) in [5.74, 6) is 0.894. The molecule has 2 aliphatic rings. The molecule has 0 aromatic heterocycles. The van der Waals surface area contributed by atoms with Crippen molar-refractivity contribution >= 4 is 0 Å². The fraction of sp³-hybridized carbons (Fsp3) is 1.00. The summed E-state index contributed by atoms with van der Waals surface area (Å²) in [6.45, 7) is 3.72. The van der Waals surface area contributed by atoms with Crippen molar-refractivity contribution in [3.8, 4) is 0 Å². The zero-order valence-corrected chi connectivity index (χ0v) is 9.23. The molecule has 0 spiro atoms. The molecule has 0 aromatic carbocycles. The van der Waals surface area contributed by atoms with E-state index in [2.05, 4.69) is 10.6 Å². The Morgan fingerprint density at radius 2 is 1.86 bits per heavy atom. The summed E-state index contributed by atoms with van der Waals surface area (Å²) in [4.78, 5) is 0. The van der Waals surface area contributed by atoms with E-state index in [9.17, 15) is 0 Å². The van der Waals surface area contributed by atoms with Crippen LogP contribution in [0.3, 0.4) is 0 Å². The highest BCUT2D eigenvalue weighted by atomic mass is 14.9. The van der Waals surface area contributed by atoms with E-state index in [0.717, 1.165) is 12.0 Å². The van der Waals surface area contributed by atoms with Crippen LogP contribution in [0.25, 0.3) is 0 Å². The minimum atomic E-state index is 0.839. The maximum atomic E-state index is 3.75. The lowest BCUT2D eigenvalue weighted by Crippen LogP contribution is -2.40. The molecule has 1 aliphatic carbocycles. The molecule has 0 amide bonds. The molecule has 2 fully saturated rings. The second-order valence-corrected chi connectivity index (χ2v) is 4.96. The van der Waals surface area contributed by atoms with Crippen molar-refractivity contribution in [1.29, 1.82) is 0 Å². The van der Waals surface area contributed by atoms with Gasteiger partial charge in [-0.1, -0.05) is 19.3 Å². The zero-order chi connectivity index (χ0) is 9.64. The Morgan fingerprint density at radius 3 is 2.57 bits per heavy atom. The van der Waals surface area contributed by atoms with Crippen LogP contribution in [0.2, 0.25) is 0 Å². The average molecular weight is 196 g/mol. The molecule has 2 nitrogen and oxygen atoms in total. The standard InChI is InChI=1S/C12H24N2/c1-2-6-12(7-3-1)14-10-11-5-4-8-13-9-11/h11-14H,1-10H2. The second kappa shape index (κ2) is 5.72. The molecule has 1 saturated heterocycles. The summed E-state index contributed by atoms with van der Waals surface area (Å²) in [5, 5.41) is 7.23. The van der Waals surface area contributed by atoms with Gasteiger partial charge in [0.05, 0.1) is 0 Å². The number of piperidine rings is 1. The molecule has 1 heterocycles. The van der Waals surface area contributed by atoms with Gasteiger partial charge in [0.25, 0.3) is 0 Å². The predicted octanol–water partition coefficient (Wildman–Crippen LogP) is 1.91. The average Bonchev–Trinajstić information content (AvgIpc) is 2.29. The SMILES string of the molecule is C1CCC(NCC2CCCNC2)CC1. The fourth-order valence-electron chi connectivity index (χ4n) is 2.74. The van der Waals surface area contributed by atoms with Crippen molar-refractivity contribution < 1.29 is 0 Å². The van der Waals surface area contributed by atoms with Gasteiger partial charge < -0.3 is 10.6 Å². The molecule has 2 rings (SSSR count). The topological polar surface area (TPSA) is 24.1 Å². The molecule has 2 heteroatoms. The Bertz CT molecular complexity index is 128. The lowest BCUT2D eigenvalue weighted by molar-refractivity contribution is 0.311. The number of rotatable bonds is 3. The second-order valence-electron chi connectivity index (χ2n) is 4.96. The number of nitrogens with one attached hydrogen (secondary N) is 2. The molecule has 0 bridgehead atoms. The third-order valence-electron chi connectivity index (χ3n) is 3.70. The maximum Gasteiger partial charge on any atom is 0.00671 e. The van der Waals surface area contributed by atoms with Gasteiger partial charge in [-0.25, -0.2) is 0 Å². The van der Waals surface area contributed by atoms with E-state index in [4.69, 9.17) is 0 Å². The normalized spacial score (nSPS) is 30.4. The summed E-state index contributed by atoms with van der Waals surface area (Å²) < 4.78 is 0. The van der Waals surface area contributed by atoms with Gasteiger partial charge in [-0.2, -0.15) is 0 Å². The van der Waals surface area contributed by atoms with Crippen molar-refractivity contribution in [2.75, 3.05) is 19.6 Å². The van der Waals surface area contributed by atoms with Crippen LogP contribution in [-0.4, -0.2) is 25.7 Å². The van der Waals surface area contributed by atoms with E-state index in [1.54, 1.807) is 0 Å². The Morgan fingerprint density at radius 1 is 1.00 bits per heavy atom. The summed E-state index contributed by atoms with van der Waals surface area (Å²) in [5.41, 5.74) is 0. The van der Waals surface area contributed by atoms with Gasteiger partial charge in [0.15, 0.2) is 0 Å². The fourth-order valence-corrected chi connectivity index (χ4v) is 2.74. The molecule has 0 aromatic rings. The first-order valence-electron chi connectivity index (χ1n) is 6.39. The third-order valence-corrected chi connectivity index (χ3v) is 3.70. The highest BCUT2D eigenvalue weighted by molar-refractivity contribution is 4.76. The molecule has 2 N–H and O–H groups in total.